The van der Waals surface area contributed by atoms with E-state index in [1.54, 1.807) is 22.9 Å². The van der Waals surface area contributed by atoms with Crippen molar-refractivity contribution < 1.29 is 4.79 Å². The van der Waals surface area contributed by atoms with Gasteiger partial charge in [-0.1, -0.05) is 12.1 Å². The van der Waals surface area contributed by atoms with E-state index in [0.29, 0.717) is 5.56 Å². The third-order valence-corrected chi connectivity index (χ3v) is 4.21. The number of thiazole rings is 1. The summed E-state index contributed by atoms with van der Waals surface area (Å²) in [6, 6.07) is 13.1. The van der Waals surface area contributed by atoms with Gasteiger partial charge in [-0.2, -0.15) is 0 Å². The molecular formula is C14H9BrN2OS. The molecule has 0 saturated carbocycles. The first kappa shape index (κ1) is 12.3. The number of anilines is 1. The lowest BCUT2D eigenvalue weighted by molar-refractivity contribution is 0.102. The van der Waals surface area contributed by atoms with Crippen molar-refractivity contribution in [2.45, 2.75) is 0 Å². The van der Waals surface area contributed by atoms with E-state index in [4.69, 9.17) is 0 Å². The summed E-state index contributed by atoms with van der Waals surface area (Å²) >= 11 is 4.95. The monoisotopic (exact) mass is 332 g/mol. The van der Waals surface area contributed by atoms with Crippen LogP contribution < -0.4 is 5.32 Å². The third-order valence-electron chi connectivity index (χ3n) is 2.71. The molecule has 3 aromatic rings. The molecule has 0 saturated heterocycles. The Hall–Kier alpha value is -1.72. The minimum atomic E-state index is -0.137. The second-order valence-corrected chi connectivity index (χ2v) is 5.71. The van der Waals surface area contributed by atoms with Gasteiger partial charge in [0.1, 0.15) is 0 Å². The fourth-order valence-corrected chi connectivity index (χ4v) is 2.90. The molecule has 0 unspecified atom stereocenters. The van der Waals surface area contributed by atoms with Gasteiger partial charge in [0.25, 0.3) is 5.91 Å². The Morgan fingerprint density at radius 2 is 2.05 bits per heavy atom. The summed E-state index contributed by atoms with van der Waals surface area (Å²) in [7, 11) is 0. The highest BCUT2D eigenvalue weighted by atomic mass is 79.9. The van der Waals surface area contributed by atoms with E-state index >= 15 is 0 Å². The Bertz CT molecular complexity index is 754. The predicted octanol–water partition coefficient (Wildman–Crippen LogP) is 4.31. The van der Waals surface area contributed by atoms with E-state index in [-0.39, 0.29) is 5.91 Å². The molecule has 0 aliphatic carbocycles. The van der Waals surface area contributed by atoms with Crippen LogP contribution in [0.3, 0.4) is 0 Å². The molecule has 3 rings (SSSR count). The van der Waals surface area contributed by atoms with Crippen LogP contribution in [0.2, 0.25) is 0 Å². The standard InChI is InChI=1S/C14H9BrN2OS/c15-11-4-2-1-3-10(11)14(18)17-9-5-6-13-12(7-9)16-8-19-13/h1-8H,(H,17,18). The lowest BCUT2D eigenvalue weighted by Crippen LogP contribution is -2.12. The van der Waals surface area contributed by atoms with Crippen molar-refractivity contribution >= 4 is 49.1 Å². The minimum absolute atomic E-state index is 0.137. The number of fused-ring (bicyclic) bond motifs is 1. The molecule has 1 heterocycles. The molecule has 3 nitrogen and oxygen atoms in total. The van der Waals surface area contributed by atoms with Crippen LogP contribution in [0.4, 0.5) is 5.69 Å². The third kappa shape index (κ3) is 2.52. The van der Waals surface area contributed by atoms with E-state index in [1.807, 2.05) is 36.4 Å². The number of carbonyl (C=O) groups excluding carboxylic acids is 1. The Morgan fingerprint density at radius 1 is 1.21 bits per heavy atom. The van der Waals surface area contributed by atoms with Crippen molar-refractivity contribution in [3.8, 4) is 0 Å². The van der Waals surface area contributed by atoms with Crippen LogP contribution in [0.15, 0.2) is 52.4 Å². The first-order chi connectivity index (χ1) is 9.24. The summed E-state index contributed by atoms with van der Waals surface area (Å²) in [6.45, 7) is 0. The highest BCUT2D eigenvalue weighted by molar-refractivity contribution is 9.10. The lowest BCUT2D eigenvalue weighted by atomic mass is 10.2. The summed E-state index contributed by atoms with van der Waals surface area (Å²) in [5, 5.41) is 2.88. The first-order valence-electron chi connectivity index (χ1n) is 5.63. The fourth-order valence-electron chi connectivity index (χ4n) is 1.78. The number of aromatic nitrogens is 1. The van der Waals surface area contributed by atoms with E-state index in [0.717, 1.165) is 20.4 Å². The summed E-state index contributed by atoms with van der Waals surface area (Å²) < 4.78 is 1.89. The van der Waals surface area contributed by atoms with Crippen LogP contribution in [0.1, 0.15) is 10.4 Å². The maximum Gasteiger partial charge on any atom is 0.256 e. The maximum atomic E-state index is 12.2. The number of hydrogen-bond acceptors (Lipinski definition) is 3. The van der Waals surface area contributed by atoms with Crippen LogP contribution in [0.5, 0.6) is 0 Å². The molecule has 19 heavy (non-hydrogen) atoms. The second kappa shape index (κ2) is 5.11. The van der Waals surface area contributed by atoms with Gasteiger partial charge in [-0.25, -0.2) is 4.98 Å². The number of nitrogens with zero attached hydrogens (tertiary/aromatic N) is 1. The van der Waals surface area contributed by atoms with Gasteiger partial charge in [-0.05, 0) is 46.3 Å². The molecule has 0 bridgehead atoms. The summed E-state index contributed by atoms with van der Waals surface area (Å²) in [5.41, 5.74) is 4.05. The smallest absolute Gasteiger partial charge is 0.256 e. The van der Waals surface area contributed by atoms with E-state index < -0.39 is 0 Å². The SMILES string of the molecule is O=C(Nc1ccc2scnc2c1)c1ccccc1Br. The van der Waals surface area contributed by atoms with Crippen LogP contribution in [0, 0.1) is 0 Å². The van der Waals surface area contributed by atoms with Crippen molar-refractivity contribution in [1.82, 2.24) is 4.98 Å². The summed E-state index contributed by atoms with van der Waals surface area (Å²) in [4.78, 5) is 16.4. The van der Waals surface area contributed by atoms with E-state index in [2.05, 4.69) is 26.2 Å². The molecule has 94 valence electrons. The predicted molar refractivity (Wildman–Crippen MR) is 81.7 cm³/mol. The summed E-state index contributed by atoms with van der Waals surface area (Å²) in [6.07, 6.45) is 0. The molecule has 5 heteroatoms. The summed E-state index contributed by atoms with van der Waals surface area (Å²) in [5.74, 6) is -0.137. The number of carbonyl (C=O) groups is 1. The highest BCUT2D eigenvalue weighted by Crippen LogP contribution is 2.23. The quantitative estimate of drug-likeness (QED) is 0.759. The topological polar surface area (TPSA) is 42.0 Å². The number of hydrogen-bond donors (Lipinski definition) is 1. The van der Waals surface area contributed by atoms with Gasteiger partial charge in [0.15, 0.2) is 0 Å². The van der Waals surface area contributed by atoms with Crippen LogP contribution in [-0.2, 0) is 0 Å². The molecule has 0 atom stereocenters. The zero-order valence-corrected chi connectivity index (χ0v) is 12.2. The van der Waals surface area contributed by atoms with Gasteiger partial charge >= 0.3 is 0 Å². The largest absolute Gasteiger partial charge is 0.322 e. The number of rotatable bonds is 2. The van der Waals surface area contributed by atoms with Crippen molar-refractivity contribution in [2.75, 3.05) is 5.32 Å². The van der Waals surface area contributed by atoms with Crippen molar-refractivity contribution in [3.05, 3.63) is 58.0 Å². The molecule has 0 spiro atoms. The molecule has 1 amide bonds. The van der Waals surface area contributed by atoms with E-state index in [9.17, 15) is 4.79 Å². The van der Waals surface area contributed by atoms with Gasteiger partial charge in [-0.15, -0.1) is 11.3 Å². The number of benzene rings is 2. The average Bonchev–Trinajstić information content (AvgIpc) is 2.86. The average molecular weight is 333 g/mol. The zero-order chi connectivity index (χ0) is 13.2. The Morgan fingerprint density at radius 3 is 2.89 bits per heavy atom. The van der Waals surface area contributed by atoms with Crippen molar-refractivity contribution in [2.24, 2.45) is 0 Å². The minimum Gasteiger partial charge on any atom is -0.322 e. The molecule has 1 aromatic heterocycles. The lowest BCUT2D eigenvalue weighted by Gasteiger charge is -2.06. The maximum absolute atomic E-state index is 12.2. The zero-order valence-electron chi connectivity index (χ0n) is 9.76. The first-order valence-corrected chi connectivity index (χ1v) is 7.30. The van der Waals surface area contributed by atoms with Crippen molar-refractivity contribution in [3.63, 3.8) is 0 Å². The van der Waals surface area contributed by atoms with Crippen LogP contribution in [0.25, 0.3) is 10.2 Å². The van der Waals surface area contributed by atoms with Crippen molar-refractivity contribution in [1.29, 1.82) is 0 Å². The molecular weight excluding hydrogens is 324 g/mol. The Balaban J connectivity index is 1.88. The molecule has 1 N–H and O–H groups in total. The van der Waals surface area contributed by atoms with Gasteiger partial charge < -0.3 is 5.32 Å². The normalized spacial score (nSPS) is 10.6. The van der Waals surface area contributed by atoms with Crippen LogP contribution >= 0.6 is 27.3 Å². The Labute approximate surface area is 122 Å². The molecule has 0 fully saturated rings. The highest BCUT2D eigenvalue weighted by Gasteiger charge is 2.09. The fraction of sp³-hybridized carbons (Fsp3) is 0. The number of amides is 1. The Kier molecular flexibility index (Phi) is 3.31. The number of nitrogens with one attached hydrogen (secondary N) is 1. The van der Waals surface area contributed by atoms with Crippen LogP contribution in [-0.4, -0.2) is 10.9 Å². The molecule has 2 aromatic carbocycles. The molecule has 0 radical (unpaired) electrons. The second-order valence-electron chi connectivity index (χ2n) is 3.97. The van der Waals surface area contributed by atoms with Gasteiger partial charge in [0.2, 0.25) is 0 Å². The van der Waals surface area contributed by atoms with Gasteiger partial charge in [0.05, 0.1) is 21.3 Å². The van der Waals surface area contributed by atoms with E-state index in [1.165, 1.54) is 0 Å². The molecule has 0 aliphatic rings. The van der Waals surface area contributed by atoms with Gasteiger partial charge in [-0.3, -0.25) is 4.79 Å². The molecule has 0 aliphatic heterocycles. The van der Waals surface area contributed by atoms with Gasteiger partial charge in [0, 0.05) is 10.2 Å². The number of halogens is 1.